The Balaban J connectivity index is 2.17. The molecule has 3 aromatic rings. The predicted molar refractivity (Wildman–Crippen MR) is 114 cm³/mol. The second-order valence-electron chi connectivity index (χ2n) is 7.63. The van der Waals surface area contributed by atoms with E-state index in [0.29, 0.717) is 18.2 Å². The zero-order chi connectivity index (χ0) is 20.1. The van der Waals surface area contributed by atoms with Crippen LogP contribution in [-0.4, -0.2) is 12.1 Å². The summed E-state index contributed by atoms with van der Waals surface area (Å²) in [5, 5.41) is 0. The lowest BCUT2D eigenvalue weighted by molar-refractivity contribution is 0.306. The van der Waals surface area contributed by atoms with Gasteiger partial charge in [0.2, 0.25) is 5.88 Å². The molecule has 142 valence electrons. The number of benzene rings is 2. The van der Waals surface area contributed by atoms with E-state index in [-0.39, 0.29) is 5.41 Å². The van der Waals surface area contributed by atoms with E-state index >= 15 is 0 Å². The zero-order valence-electron chi connectivity index (χ0n) is 16.8. The van der Waals surface area contributed by atoms with Crippen molar-refractivity contribution in [3.05, 3.63) is 77.5 Å². The molecular formula is C25H25NO2. The molecule has 1 aromatic heterocycles. The van der Waals surface area contributed by atoms with Crippen LogP contribution in [0.15, 0.2) is 60.8 Å². The Morgan fingerprint density at radius 1 is 1.00 bits per heavy atom. The van der Waals surface area contributed by atoms with Crippen LogP contribution in [0.1, 0.15) is 37.5 Å². The van der Waals surface area contributed by atoms with Gasteiger partial charge >= 0.3 is 0 Å². The van der Waals surface area contributed by atoms with Gasteiger partial charge in [0.1, 0.15) is 12.4 Å². The highest BCUT2D eigenvalue weighted by molar-refractivity contribution is 5.78. The molecule has 0 atom stereocenters. The molecule has 0 aliphatic carbocycles. The summed E-state index contributed by atoms with van der Waals surface area (Å²) < 4.78 is 11.7. The summed E-state index contributed by atoms with van der Waals surface area (Å²) in [6, 6.07) is 18.1. The summed E-state index contributed by atoms with van der Waals surface area (Å²) in [4.78, 5) is 4.35. The van der Waals surface area contributed by atoms with Crippen LogP contribution in [0.2, 0.25) is 0 Å². The average molecular weight is 371 g/mol. The van der Waals surface area contributed by atoms with Crippen molar-refractivity contribution >= 4 is 0 Å². The van der Waals surface area contributed by atoms with Crippen LogP contribution >= 0.6 is 0 Å². The van der Waals surface area contributed by atoms with E-state index in [1.165, 1.54) is 0 Å². The van der Waals surface area contributed by atoms with Crippen LogP contribution in [0.25, 0.3) is 11.1 Å². The maximum absolute atomic E-state index is 6.24. The second kappa shape index (κ2) is 8.19. The summed E-state index contributed by atoms with van der Waals surface area (Å²) in [7, 11) is 1.62. The van der Waals surface area contributed by atoms with Crippen molar-refractivity contribution < 1.29 is 9.47 Å². The lowest BCUT2D eigenvalue weighted by Crippen LogP contribution is -2.12. The molecule has 0 aliphatic heterocycles. The lowest BCUT2D eigenvalue weighted by Gasteiger charge is -2.23. The largest absolute Gasteiger partial charge is 0.487 e. The third-order valence-electron chi connectivity index (χ3n) is 4.59. The maximum Gasteiger partial charge on any atom is 0.221 e. The number of hydrogen-bond acceptors (Lipinski definition) is 3. The first kappa shape index (κ1) is 19.5. The van der Waals surface area contributed by atoms with E-state index in [0.717, 1.165) is 27.8 Å². The van der Waals surface area contributed by atoms with Crippen LogP contribution in [0.3, 0.4) is 0 Å². The Hall–Kier alpha value is -3.25. The van der Waals surface area contributed by atoms with Crippen molar-refractivity contribution in [3.63, 3.8) is 0 Å². The van der Waals surface area contributed by atoms with Crippen molar-refractivity contribution in [2.75, 3.05) is 7.11 Å². The van der Waals surface area contributed by atoms with Gasteiger partial charge in [-0.3, -0.25) is 0 Å². The number of ether oxygens (including phenoxy) is 2. The van der Waals surface area contributed by atoms with Crippen molar-refractivity contribution in [1.29, 1.82) is 0 Å². The number of rotatable bonds is 5. The van der Waals surface area contributed by atoms with Crippen molar-refractivity contribution in [3.8, 4) is 35.1 Å². The molecule has 0 fully saturated rings. The highest BCUT2D eigenvalue weighted by Gasteiger charge is 2.22. The molecule has 1 heterocycles. The quantitative estimate of drug-likeness (QED) is 0.546. The van der Waals surface area contributed by atoms with Crippen LogP contribution < -0.4 is 9.47 Å². The molecule has 0 N–H and O–H groups in total. The number of nitrogens with zero attached hydrogens (tertiary/aromatic N) is 1. The number of terminal acetylenes is 1. The minimum Gasteiger partial charge on any atom is -0.487 e. The molecule has 3 nitrogen and oxygen atoms in total. The van der Waals surface area contributed by atoms with E-state index in [9.17, 15) is 0 Å². The molecule has 2 aromatic carbocycles. The number of methoxy groups -OCH3 is 1. The molecule has 0 aliphatic rings. The van der Waals surface area contributed by atoms with E-state index in [1.807, 2.05) is 48.5 Å². The SMILES string of the molecule is C#Cc1cc(C(C)(C)C)cc(-c2cccnc2OC)c1OCc1ccccc1. The number of hydrogen-bond donors (Lipinski definition) is 0. The third-order valence-corrected chi connectivity index (χ3v) is 4.59. The first-order chi connectivity index (χ1) is 13.4. The summed E-state index contributed by atoms with van der Waals surface area (Å²) >= 11 is 0. The fourth-order valence-corrected chi connectivity index (χ4v) is 3.01. The summed E-state index contributed by atoms with van der Waals surface area (Å²) in [6.07, 6.45) is 7.58. The van der Waals surface area contributed by atoms with E-state index in [4.69, 9.17) is 15.9 Å². The van der Waals surface area contributed by atoms with Crippen molar-refractivity contribution in [2.45, 2.75) is 32.8 Å². The Morgan fingerprint density at radius 2 is 1.75 bits per heavy atom. The van der Waals surface area contributed by atoms with Crippen LogP contribution in [-0.2, 0) is 12.0 Å². The standard InChI is InChI=1S/C25H25NO2/c1-6-19-15-20(25(2,3)4)16-22(21-13-10-14-26-24(21)27-5)23(19)28-17-18-11-8-7-9-12-18/h1,7-16H,17H2,2-5H3. The van der Waals surface area contributed by atoms with Gasteiger partial charge in [-0.05, 0) is 40.8 Å². The van der Waals surface area contributed by atoms with Gasteiger partial charge in [-0.1, -0.05) is 57.0 Å². The van der Waals surface area contributed by atoms with E-state index in [2.05, 4.69) is 37.7 Å². The molecule has 3 heteroatoms. The average Bonchev–Trinajstić information content (AvgIpc) is 2.71. The molecule has 0 spiro atoms. The van der Waals surface area contributed by atoms with Gasteiger partial charge in [0.05, 0.1) is 12.7 Å². The smallest absolute Gasteiger partial charge is 0.221 e. The molecular weight excluding hydrogens is 346 g/mol. The van der Waals surface area contributed by atoms with Crippen LogP contribution in [0.5, 0.6) is 11.6 Å². The Bertz CT molecular complexity index is 995. The minimum atomic E-state index is -0.0618. The van der Waals surface area contributed by atoms with Crippen LogP contribution in [0, 0.1) is 12.3 Å². The van der Waals surface area contributed by atoms with Gasteiger partial charge in [0.25, 0.3) is 0 Å². The van der Waals surface area contributed by atoms with Gasteiger partial charge in [0, 0.05) is 17.3 Å². The maximum atomic E-state index is 6.24. The van der Waals surface area contributed by atoms with Crippen molar-refractivity contribution in [1.82, 2.24) is 4.98 Å². The molecule has 0 unspecified atom stereocenters. The number of aromatic nitrogens is 1. The van der Waals surface area contributed by atoms with Crippen LogP contribution in [0.4, 0.5) is 0 Å². The van der Waals surface area contributed by atoms with E-state index in [1.54, 1.807) is 13.3 Å². The fraction of sp³-hybridized carbons (Fsp3) is 0.240. The molecule has 0 amide bonds. The fourth-order valence-electron chi connectivity index (χ4n) is 3.01. The topological polar surface area (TPSA) is 31.4 Å². The minimum absolute atomic E-state index is 0.0618. The van der Waals surface area contributed by atoms with Gasteiger partial charge in [-0.2, -0.15) is 0 Å². The molecule has 0 bridgehead atoms. The number of pyridine rings is 1. The summed E-state index contributed by atoms with van der Waals surface area (Å²) in [5.41, 5.74) is 4.62. The third kappa shape index (κ3) is 4.18. The van der Waals surface area contributed by atoms with Gasteiger partial charge < -0.3 is 9.47 Å². The van der Waals surface area contributed by atoms with E-state index < -0.39 is 0 Å². The van der Waals surface area contributed by atoms with Gasteiger partial charge in [-0.25, -0.2) is 4.98 Å². The normalized spacial score (nSPS) is 11.0. The van der Waals surface area contributed by atoms with Crippen molar-refractivity contribution in [2.24, 2.45) is 0 Å². The first-order valence-corrected chi connectivity index (χ1v) is 9.25. The zero-order valence-corrected chi connectivity index (χ0v) is 16.8. The molecule has 0 radical (unpaired) electrons. The van der Waals surface area contributed by atoms with Gasteiger partial charge in [-0.15, -0.1) is 6.42 Å². The Labute approximate surface area is 167 Å². The Morgan fingerprint density at radius 3 is 2.39 bits per heavy atom. The highest BCUT2D eigenvalue weighted by Crippen LogP contribution is 2.41. The summed E-state index contributed by atoms with van der Waals surface area (Å²) in [5.74, 6) is 4.02. The van der Waals surface area contributed by atoms with Gasteiger partial charge in [0.15, 0.2) is 0 Å². The predicted octanol–water partition coefficient (Wildman–Crippen LogP) is 5.62. The molecule has 3 rings (SSSR count). The second-order valence-corrected chi connectivity index (χ2v) is 7.63. The summed E-state index contributed by atoms with van der Waals surface area (Å²) in [6.45, 7) is 6.92. The highest BCUT2D eigenvalue weighted by atomic mass is 16.5. The first-order valence-electron chi connectivity index (χ1n) is 9.25. The monoisotopic (exact) mass is 371 g/mol. The Kier molecular flexibility index (Phi) is 5.70. The molecule has 0 saturated carbocycles. The lowest BCUT2D eigenvalue weighted by atomic mass is 9.84. The molecule has 28 heavy (non-hydrogen) atoms. The molecule has 0 saturated heterocycles.